The zero-order chi connectivity index (χ0) is 20.9. The minimum atomic E-state index is -0.527. The van der Waals surface area contributed by atoms with Crippen LogP contribution in [0.2, 0.25) is 5.28 Å². The lowest BCUT2D eigenvalue weighted by Crippen LogP contribution is -2.39. The van der Waals surface area contributed by atoms with Crippen molar-refractivity contribution in [1.82, 2.24) is 23.6 Å². The summed E-state index contributed by atoms with van der Waals surface area (Å²) in [5, 5.41) is 0.00379. The minimum Gasteiger partial charge on any atom is -0.337 e. The molecular formula is C20H22ClN5O3. The molecule has 8 nitrogen and oxygen atoms in total. The molecule has 0 unspecified atom stereocenters. The average Bonchev–Trinajstić information content (AvgIpc) is 3.06. The van der Waals surface area contributed by atoms with E-state index in [9.17, 15) is 14.4 Å². The summed E-state index contributed by atoms with van der Waals surface area (Å²) in [6.07, 6.45) is 2.90. The van der Waals surface area contributed by atoms with Gasteiger partial charge in [0.15, 0.2) is 11.2 Å². The summed E-state index contributed by atoms with van der Waals surface area (Å²) in [4.78, 5) is 43.8. The highest BCUT2D eigenvalue weighted by molar-refractivity contribution is 6.29. The number of imidazole rings is 1. The highest BCUT2D eigenvalue weighted by atomic mass is 35.5. The first-order valence-electron chi connectivity index (χ1n) is 9.46. The number of halogens is 1. The zero-order valence-corrected chi connectivity index (χ0v) is 17.3. The molecule has 4 rings (SSSR count). The predicted molar refractivity (Wildman–Crippen MR) is 110 cm³/mol. The van der Waals surface area contributed by atoms with Crippen molar-refractivity contribution in [3.05, 3.63) is 61.5 Å². The second-order valence-corrected chi connectivity index (χ2v) is 7.79. The smallest absolute Gasteiger partial charge is 0.332 e. The fourth-order valence-corrected chi connectivity index (χ4v) is 4.34. The van der Waals surface area contributed by atoms with E-state index in [-0.39, 0.29) is 34.9 Å². The van der Waals surface area contributed by atoms with Crippen LogP contribution < -0.4 is 11.2 Å². The molecule has 1 atom stereocenters. The van der Waals surface area contributed by atoms with E-state index in [0.29, 0.717) is 0 Å². The number of amides is 1. The Hall–Kier alpha value is -2.87. The molecule has 2 aromatic heterocycles. The van der Waals surface area contributed by atoms with Crippen molar-refractivity contribution in [2.75, 3.05) is 7.05 Å². The maximum Gasteiger partial charge on any atom is 0.332 e. The van der Waals surface area contributed by atoms with Crippen LogP contribution in [0.3, 0.4) is 0 Å². The Morgan fingerprint density at radius 2 is 1.97 bits per heavy atom. The molecule has 9 heteroatoms. The topological polar surface area (TPSA) is 82.1 Å². The fraction of sp³-hybridized carbons (Fsp3) is 0.400. The van der Waals surface area contributed by atoms with Gasteiger partial charge in [0.2, 0.25) is 11.2 Å². The molecular weight excluding hydrogens is 394 g/mol. The first-order valence-corrected chi connectivity index (χ1v) is 9.84. The van der Waals surface area contributed by atoms with Crippen molar-refractivity contribution in [2.45, 2.75) is 31.8 Å². The molecule has 0 fully saturated rings. The van der Waals surface area contributed by atoms with Gasteiger partial charge in [-0.25, -0.2) is 4.79 Å². The van der Waals surface area contributed by atoms with Gasteiger partial charge in [0.1, 0.15) is 6.54 Å². The largest absolute Gasteiger partial charge is 0.337 e. The Morgan fingerprint density at radius 3 is 2.72 bits per heavy atom. The van der Waals surface area contributed by atoms with E-state index < -0.39 is 11.2 Å². The van der Waals surface area contributed by atoms with Crippen LogP contribution in [-0.2, 0) is 31.9 Å². The maximum absolute atomic E-state index is 13.1. The van der Waals surface area contributed by atoms with E-state index >= 15 is 0 Å². The first kappa shape index (κ1) is 19.4. The van der Waals surface area contributed by atoms with Gasteiger partial charge in [-0.15, -0.1) is 0 Å². The van der Waals surface area contributed by atoms with E-state index in [1.807, 2.05) is 12.1 Å². The highest BCUT2D eigenvalue weighted by Crippen LogP contribution is 2.33. The van der Waals surface area contributed by atoms with Gasteiger partial charge in [0, 0.05) is 21.1 Å². The highest BCUT2D eigenvalue weighted by Gasteiger charge is 2.28. The number of carbonyl (C=O) groups is 1. The molecule has 2 heterocycles. The van der Waals surface area contributed by atoms with Gasteiger partial charge < -0.3 is 4.90 Å². The summed E-state index contributed by atoms with van der Waals surface area (Å²) in [6.45, 7) is -0.127. The molecule has 1 aliphatic rings. The molecule has 0 N–H and O–H groups in total. The number of rotatable bonds is 3. The lowest BCUT2D eigenvalue weighted by Gasteiger charge is -2.33. The van der Waals surface area contributed by atoms with Gasteiger partial charge in [-0.1, -0.05) is 24.3 Å². The minimum absolute atomic E-state index is 0.00379. The number of hydrogen-bond donors (Lipinski definition) is 0. The monoisotopic (exact) mass is 415 g/mol. The van der Waals surface area contributed by atoms with Crippen molar-refractivity contribution in [2.24, 2.45) is 14.1 Å². The molecule has 0 bridgehead atoms. The van der Waals surface area contributed by atoms with Crippen LogP contribution in [0.5, 0.6) is 0 Å². The Labute approximate surface area is 171 Å². The van der Waals surface area contributed by atoms with Crippen molar-refractivity contribution in [1.29, 1.82) is 0 Å². The van der Waals surface area contributed by atoms with Gasteiger partial charge in [-0.3, -0.25) is 23.3 Å². The predicted octanol–water partition coefficient (Wildman–Crippen LogP) is 1.62. The van der Waals surface area contributed by atoms with Crippen LogP contribution in [0.4, 0.5) is 0 Å². The van der Waals surface area contributed by atoms with Gasteiger partial charge in [0.05, 0.1) is 6.04 Å². The third kappa shape index (κ3) is 3.07. The molecule has 1 amide bonds. The quantitative estimate of drug-likeness (QED) is 0.609. The molecule has 0 saturated carbocycles. The Kier molecular flexibility index (Phi) is 4.82. The van der Waals surface area contributed by atoms with Crippen LogP contribution in [0.15, 0.2) is 33.9 Å². The van der Waals surface area contributed by atoms with Gasteiger partial charge >= 0.3 is 5.69 Å². The Morgan fingerprint density at radius 1 is 1.24 bits per heavy atom. The first-order chi connectivity index (χ1) is 13.8. The van der Waals surface area contributed by atoms with E-state index in [1.165, 1.54) is 28.8 Å². The number of nitrogens with zero attached hydrogens (tertiary/aromatic N) is 5. The molecule has 3 aromatic rings. The van der Waals surface area contributed by atoms with E-state index in [1.54, 1.807) is 11.9 Å². The Balaban J connectivity index is 1.71. The van der Waals surface area contributed by atoms with Crippen LogP contribution in [-0.4, -0.2) is 36.5 Å². The lowest BCUT2D eigenvalue weighted by atomic mass is 9.87. The molecule has 0 aliphatic heterocycles. The second-order valence-electron chi connectivity index (χ2n) is 7.46. The van der Waals surface area contributed by atoms with Crippen molar-refractivity contribution in [3.63, 3.8) is 0 Å². The van der Waals surface area contributed by atoms with Gasteiger partial charge in [-0.2, -0.15) is 4.98 Å². The molecule has 0 spiro atoms. The number of hydrogen-bond acceptors (Lipinski definition) is 4. The molecule has 0 saturated heterocycles. The lowest BCUT2D eigenvalue weighted by molar-refractivity contribution is -0.133. The third-order valence-electron chi connectivity index (χ3n) is 5.79. The summed E-state index contributed by atoms with van der Waals surface area (Å²) in [6, 6.07) is 8.15. The number of likely N-dealkylation sites (N-methyl/N-ethyl adjacent to an activating group) is 1. The average molecular weight is 416 g/mol. The fourth-order valence-electron chi connectivity index (χ4n) is 4.12. The van der Waals surface area contributed by atoms with Crippen LogP contribution >= 0.6 is 11.6 Å². The summed E-state index contributed by atoms with van der Waals surface area (Å²) < 4.78 is 3.62. The Bertz CT molecular complexity index is 1240. The van der Waals surface area contributed by atoms with Crippen molar-refractivity contribution < 1.29 is 4.79 Å². The normalized spacial score (nSPS) is 16.1. The summed E-state index contributed by atoms with van der Waals surface area (Å²) in [7, 11) is 4.68. The van der Waals surface area contributed by atoms with E-state index in [0.717, 1.165) is 29.4 Å². The number of aryl methyl sites for hydroxylation is 2. The molecule has 0 radical (unpaired) electrons. The molecule has 1 aliphatic carbocycles. The van der Waals surface area contributed by atoms with Crippen LogP contribution in [0.1, 0.15) is 30.0 Å². The van der Waals surface area contributed by atoms with Crippen molar-refractivity contribution in [3.8, 4) is 0 Å². The maximum atomic E-state index is 13.1. The zero-order valence-electron chi connectivity index (χ0n) is 16.6. The molecule has 152 valence electrons. The van der Waals surface area contributed by atoms with E-state index in [4.69, 9.17) is 11.6 Å². The summed E-state index contributed by atoms with van der Waals surface area (Å²) >= 11 is 6.25. The SMILES string of the molecule is CN(C(=O)Cn1c(Cl)nc2c1c(=O)n(C)c(=O)n2C)[C@H]1CCCc2ccccc21. The van der Waals surface area contributed by atoms with Crippen LogP contribution in [0, 0.1) is 0 Å². The number of benzene rings is 1. The van der Waals surface area contributed by atoms with Crippen LogP contribution in [0.25, 0.3) is 11.2 Å². The third-order valence-corrected chi connectivity index (χ3v) is 6.08. The van der Waals surface area contributed by atoms with E-state index in [2.05, 4.69) is 17.1 Å². The van der Waals surface area contributed by atoms with Gasteiger partial charge in [-0.05, 0) is 42.0 Å². The van der Waals surface area contributed by atoms with Gasteiger partial charge in [0.25, 0.3) is 5.56 Å². The standard InChI is InChI=1S/C20H22ClN5O3/c1-23(14-10-6-8-12-7-4-5-9-13(12)14)15(27)11-26-16-17(22-19(26)21)24(2)20(29)25(3)18(16)28/h4-5,7,9,14H,6,8,10-11H2,1-3H3/t14-/m0/s1. The second kappa shape index (κ2) is 7.18. The molecule has 1 aromatic carbocycles. The molecule has 29 heavy (non-hydrogen) atoms. The summed E-state index contributed by atoms with van der Waals surface area (Å²) in [5.74, 6) is -0.177. The number of aromatic nitrogens is 4. The number of carbonyl (C=O) groups excluding carboxylic acids is 1. The number of fused-ring (bicyclic) bond motifs is 2. The summed E-state index contributed by atoms with van der Waals surface area (Å²) in [5.41, 5.74) is 1.71. The van der Waals surface area contributed by atoms with Crippen molar-refractivity contribution >= 4 is 28.7 Å².